The number of carbonyl (C=O) groups is 1. The van der Waals surface area contributed by atoms with Gasteiger partial charge in [-0.25, -0.2) is 0 Å². The molecule has 0 aromatic heterocycles. The van der Waals surface area contributed by atoms with Gasteiger partial charge < -0.3 is 9.64 Å². The maximum atomic E-state index is 12.6. The normalized spacial score (nSPS) is 16.9. The highest BCUT2D eigenvalue weighted by molar-refractivity contribution is 9.12. The summed E-state index contributed by atoms with van der Waals surface area (Å²) in [6.45, 7) is 4.51. The van der Waals surface area contributed by atoms with E-state index in [1.807, 2.05) is 24.0 Å². The number of carbonyl (C=O) groups excluding carboxylic acids is 1. The van der Waals surface area contributed by atoms with Crippen molar-refractivity contribution in [2.75, 3.05) is 26.3 Å². The van der Waals surface area contributed by atoms with E-state index in [1.165, 1.54) is 0 Å². The first-order valence-electron chi connectivity index (χ1n) is 6.62. The van der Waals surface area contributed by atoms with Crippen LogP contribution >= 0.6 is 39.1 Å². The smallest absolute Gasteiger partial charge is 0.201 e. The average molecular weight is 393 g/mol. The molecule has 2 rings (SSSR count). The number of ether oxygens (including phenoxy) is 1. The van der Waals surface area contributed by atoms with E-state index in [0.717, 1.165) is 5.56 Å². The van der Waals surface area contributed by atoms with Crippen molar-refractivity contribution in [1.82, 2.24) is 4.90 Å². The minimum Gasteiger partial charge on any atom is -0.378 e. The molecule has 0 saturated carbocycles. The van der Waals surface area contributed by atoms with Gasteiger partial charge in [-0.3, -0.25) is 4.79 Å². The molecule has 1 aromatic carbocycles. The SMILES string of the molecule is Cc1ccc(C(=O)/C(Br)=C(\C(Cl)Cl)N2CCOCC2)cc1. The Bertz CT molecular complexity index is 537. The number of benzene rings is 1. The standard InChI is InChI=1S/C15H16BrCl2NO2/c1-10-2-4-11(5-3-10)14(20)12(16)13(15(17)18)19-6-8-21-9-7-19/h2-5,15H,6-9H2,1H3/b13-12-. The summed E-state index contributed by atoms with van der Waals surface area (Å²) < 4.78 is 5.72. The Hall–Kier alpha value is -0.550. The molecular formula is C15H16BrCl2NO2. The number of halogens is 3. The first kappa shape index (κ1) is 16.8. The molecule has 1 fully saturated rings. The Balaban J connectivity index is 2.31. The fourth-order valence-electron chi connectivity index (χ4n) is 2.12. The van der Waals surface area contributed by atoms with E-state index in [9.17, 15) is 4.79 Å². The van der Waals surface area contributed by atoms with E-state index < -0.39 is 4.84 Å². The molecule has 21 heavy (non-hydrogen) atoms. The summed E-state index contributed by atoms with van der Waals surface area (Å²) in [5.41, 5.74) is 2.31. The van der Waals surface area contributed by atoms with Gasteiger partial charge in [0.2, 0.25) is 5.78 Å². The summed E-state index contributed by atoms with van der Waals surface area (Å²) in [4.78, 5) is 13.8. The van der Waals surface area contributed by atoms with Crippen molar-refractivity contribution in [1.29, 1.82) is 0 Å². The largest absolute Gasteiger partial charge is 0.378 e. The Kier molecular flexibility index (Phi) is 6.11. The number of Topliss-reactive ketones (excluding diaryl/α,β-unsaturated/α-hetero) is 1. The number of morpholine rings is 1. The third-order valence-electron chi connectivity index (χ3n) is 3.30. The first-order chi connectivity index (χ1) is 10.0. The monoisotopic (exact) mass is 391 g/mol. The second kappa shape index (κ2) is 7.63. The van der Waals surface area contributed by atoms with Crippen molar-refractivity contribution < 1.29 is 9.53 Å². The maximum absolute atomic E-state index is 12.6. The summed E-state index contributed by atoms with van der Waals surface area (Å²) in [6.07, 6.45) is 0. The van der Waals surface area contributed by atoms with Crippen LogP contribution in [0.5, 0.6) is 0 Å². The van der Waals surface area contributed by atoms with E-state index >= 15 is 0 Å². The minimum atomic E-state index is -0.771. The van der Waals surface area contributed by atoms with Crippen LogP contribution in [0.3, 0.4) is 0 Å². The van der Waals surface area contributed by atoms with Crippen LogP contribution in [0.15, 0.2) is 34.4 Å². The van der Waals surface area contributed by atoms with Crippen LogP contribution in [0, 0.1) is 6.92 Å². The number of rotatable bonds is 4. The summed E-state index contributed by atoms with van der Waals surface area (Å²) in [5, 5.41) is 0. The van der Waals surface area contributed by atoms with E-state index in [0.29, 0.717) is 42.0 Å². The van der Waals surface area contributed by atoms with Crippen molar-refractivity contribution in [3.63, 3.8) is 0 Å². The zero-order valence-corrected chi connectivity index (χ0v) is 14.7. The minimum absolute atomic E-state index is 0.122. The van der Waals surface area contributed by atoms with Crippen LogP contribution in [0.4, 0.5) is 0 Å². The molecular weight excluding hydrogens is 377 g/mol. The fraction of sp³-hybridized carbons (Fsp3) is 0.400. The molecule has 0 spiro atoms. The Morgan fingerprint density at radius 3 is 2.33 bits per heavy atom. The predicted molar refractivity (Wildman–Crippen MR) is 89.3 cm³/mol. The van der Waals surface area contributed by atoms with Gasteiger partial charge in [-0.1, -0.05) is 53.0 Å². The van der Waals surface area contributed by atoms with E-state index in [1.54, 1.807) is 12.1 Å². The van der Waals surface area contributed by atoms with Gasteiger partial charge in [-0.2, -0.15) is 0 Å². The van der Waals surface area contributed by atoms with Gasteiger partial charge in [0.25, 0.3) is 0 Å². The average Bonchev–Trinajstić information content (AvgIpc) is 2.48. The highest BCUT2D eigenvalue weighted by atomic mass is 79.9. The molecule has 6 heteroatoms. The van der Waals surface area contributed by atoms with Crippen molar-refractivity contribution in [2.45, 2.75) is 11.8 Å². The maximum Gasteiger partial charge on any atom is 0.201 e. The molecule has 1 aliphatic rings. The molecule has 1 heterocycles. The van der Waals surface area contributed by atoms with Crippen molar-refractivity contribution in [3.8, 4) is 0 Å². The molecule has 1 aromatic rings. The zero-order chi connectivity index (χ0) is 15.4. The molecule has 0 amide bonds. The summed E-state index contributed by atoms with van der Waals surface area (Å²) in [6, 6.07) is 7.41. The lowest BCUT2D eigenvalue weighted by molar-refractivity contribution is 0.0530. The summed E-state index contributed by atoms with van der Waals surface area (Å²) >= 11 is 15.5. The van der Waals surface area contributed by atoms with Crippen molar-refractivity contribution in [2.24, 2.45) is 0 Å². The van der Waals surface area contributed by atoms with Gasteiger partial charge in [-0.15, -0.1) is 0 Å². The molecule has 0 unspecified atom stereocenters. The van der Waals surface area contributed by atoms with Crippen LogP contribution in [0.1, 0.15) is 15.9 Å². The lowest BCUT2D eigenvalue weighted by Gasteiger charge is -2.32. The number of aryl methyl sites for hydroxylation is 1. The first-order valence-corrected chi connectivity index (χ1v) is 8.29. The number of allylic oxidation sites excluding steroid dienone is 2. The van der Waals surface area contributed by atoms with E-state index in [4.69, 9.17) is 27.9 Å². The number of nitrogens with zero attached hydrogens (tertiary/aromatic N) is 1. The predicted octanol–water partition coefficient (Wildman–Crippen LogP) is 3.92. The lowest BCUT2D eigenvalue weighted by Crippen LogP contribution is -2.38. The van der Waals surface area contributed by atoms with Gasteiger partial charge in [-0.05, 0) is 22.9 Å². The number of hydrogen-bond acceptors (Lipinski definition) is 3. The summed E-state index contributed by atoms with van der Waals surface area (Å²) in [5.74, 6) is -0.122. The highest BCUT2D eigenvalue weighted by Gasteiger charge is 2.25. The second-order valence-corrected chi connectivity index (χ2v) is 6.68. The lowest BCUT2D eigenvalue weighted by atomic mass is 10.1. The molecule has 3 nitrogen and oxygen atoms in total. The van der Waals surface area contributed by atoms with Gasteiger partial charge in [0.05, 0.1) is 23.4 Å². The number of ketones is 1. The topological polar surface area (TPSA) is 29.5 Å². The molecule has 0 aliphatic carbocycles. The third-order valence-corrected chi connectivity index (χ3v) is 4.48. The molecule has 1 aliphatic heterocycles. The van der Waals surface area contributed by atoms with Crippen LogP contribution in [0.25, 0.3) is 0 Å². The highest BCUT2D eigenvalue weighted by Crippen LogP contribution is 2.29. The van der Waals surface area contributed by atoms with E-state index in [2.05, 4.69) is 15.9 Å². The van der Waals surface area contributed by atoms with Crippen LogP contribution < -0.4 is 0 Å². The van der Waals surface area contributed by atoms with Gasteiger partial charge >= 0.3 is 0 Å². The molecule has 0 bridgehead atoms. The molecule has 1 saturated heterocycles. The van der Waals surface area contributed by atoms with Gasteiger partial charge in [0.15, 0.2) is 0 Å². The second-order valence-electron chi connectivity index (χ2n) is 4.79. The quantitative estimate of drug-likeness (QED) is 0.441. The van der Waals surface area contributed by atoms with Gasteiger partial charge in [0, 0.05) is 18.7 Å². The van der Waals surface area contributed by atoms with Crippen LogP contribution in [-0.2, 0) is 4.74 Å². The van der Waals surface area contributed by atoms with Crippen LogP contribution in [-0.4, -0.2) is 41.8 Å². The van der Waals surface area contributed by atoms with E-state index in [-0.39, 0.29) is 5.78 Å². The Morgan fingerprint density at radius 1 is 1.24 bits per heavy atom. The fourth-order valence-corrected chi connectivity index (χ4v) is 3.59. The zero-order valence-electron chi connectivity index (χ0n) is 11.6. The van der Waals surface area contributed by atoms with Crippen LogP contribution in [0.2, 0.25) is 0 Å². The third kappa shape index (κ3) is 4.22. The molecule has 0 N–H and O–H groups in total. The molecule has 0 radical (unpaired) electrons. The van der Waals surface area contributed by atoms with Crippen molar-refractivity contribution >= 4 is 44.9 Å². The van der Waals surface area contributed by atoms with Gasteiger partial charge in [0.1, 0.15) is 4.84 Å². The molecule has 0 atom stereocenters. The Morgan fingerprint density at radius 2 is 1.81 bits per heavy atom. The van der Waals surface area contributed by atoms with Crippen molar-refractivity contribution in [3.05, 3.63) is 45.6 Å². The molecule has 114 valence electrons. The summed E-state index contributed by atoms with van der Waals surface area (Å²) in [7, 11) is 0. The number of hydrogen-bond donors (Lipinski definition) is 0. The number of alkyl halides is 2. The Labute approximate surface area is 143 Å².